The van der Waals surface area contributed by atoms with Gasteiger partial charge in [-0.3, -0.25) is 4.90 Å². The third kappa shape index (κ3) is 4.38. The molecule has 0 radical (unpaired) electrons. The molecule has 3 nitrogen and oxygen atoms in total. The molecule has 1 saturated heterocycles. The minimum atomic E-state index is 0.375. The Balaban J connectivity index is 1.62. The van der Waals surface area contributed by atoms with Crippen molar-refractivity contribution in [3.8, 4) is 0 Å². The van der Waals surface area contributed by atoms with E-state index >= 15 is 0 Å². The van der Waals surface area contributed by atoms with Crippen molar-refractivity contribution in [3.63, 3.8) is 0 Å². The van der Waals surface area contributed by atoms with E-state index in [-0.39, 0.29) is 0 Å². The molecule has 0 saturated carbocycles. The Morgan fingerprint density at radius 2 is 2.22 bits per heavy atom. The fourth-order valence-corrected chi connectivity index (χ4v) is 2.82. The van der Waals surface area contributed by atoms with E-state index in [1.54, 1.807) is 0 Å². The molecular weight excluding hydrogens is 224 g/mol. The summed E-state index contributed by atoms with van der Waals surface area (Å²) in [5, 5.41) is 3.60. The van der Waals surface area contributed by atoms with Crippen molar-refractivity contribution in [2.45, 2.75) is 45.3 Å². The predicted molar refractivity (Wildman–Crippen MR) is 75.8 cm³/mol. The number of nitrogens with one attached hydrogen (secondary N) is 1. The zero-order valence-electron chi connectivity index (χ0n) is 11.9. The molecule has 2 rings (SSSR count). The molecule has 0 amide bonds. The smallest absolute Gasteiger partial charge is 0.0826 e. The van der Waals surface area contributed by atoms with Crippen LogP contribution in [0.5, 0.6) is 0 Å². The predicted octanol–water partition coefficient (Wildman–Crippen LogP) is 2.04. The molecule has 0 aromatic carbocycles. The van der Waals surface area contributed by atoms with Gasteiger partial charge in [0.15, 0.2) is 0 Å². The van der Waals surface area contributed by atoms with Crippen molar-refractivity contribution in [1.82, 2.24) is 10.2 Å². The van der Waals surface area contributed by atoms with Crippen LogP contribution >= 0.6 is 0 Å². The van der Waals surface area contributed by atoms with Crippen LogP contribution in [0.2, 0.25) is 0 Å². The van der Waals surface area contributed by atoms with Gasteiger partial charge in [-0.25, -0.2) is 0 Å². The first kappa shape index (κ1) is 14.0. The maximum atomic E-state index is 5.83. The first-order valence-electron chi connectivity index (χ1n) is 7.47. The van der Waals surface area contributed by atoms with E-state index in [1.165, 1.54) is 19.3 Å². The van der Waals surface area contributed by atoms with Crippen LogP contribution in [0.25, 0.3) is 0 Å². The highest BCUT2D eigenvalue weighted by Crippen LogP contribution is 2.17. The van der Waals surface area contributed by atoms with Gasteiger partial charge in [0.25, 0.3) is 0 Å². The van der Waals surface area contributed by atoms with Crippen molar-refractivity contribution in [2.24, 2.45) is 5.92 Å². The number of morpholine rings is 1. The van der Waals surface area contributed by atoms with Gasteiger partial charge in [0, 0.05) is 25.7 Å². The Morgan fingerprint density at radius 3 is 2.94 bits per heavy atom. The zero-order chi connectivity index (χ0) is 12.8. The lowest BCUT2D eigenvalue weighted by Crippen LogP contribution is -2.49. The third-order valence-electron chi connectivity index (χ3n) is 4.08. The monoisotopic (exact) mass is 252 g/mol. The van der Waals surface area contributed by atoms with Crippen LogP contribution in [0.15, 0.2) is 12.2 Å². The Kier molecular flexibility index (Phi) is 5.67. The number of nitrogens with zero attached hydrogens (tertiary/aromatic N) is 1. The molecule has 0 aromatic heterocycles. The average molecular weight is 252 g/mol. The van der Waals surface area contributed by atoms with Crippen LogP contribution in [-0.2, 0) is 4.74 Å². The van der Waals surface area contributed by atoms with E-state index in [1.807, 2.05) is 0 Å². The maximum absolute atomic E-state index is 5.83. The number of ether oxygens (including phenoxy) is 1. The topological polar surface area (TPSA) is 24.5 Å². The van der Waals surface area contributed by atoms with Crippen molar-refractivity contribution in [2.75, 3.05) is 32.8 Å². The Hall–Kier alpha value is -0.380. The molecule has 18 heavy (non-hydrogen) atoms. The molecule has 0 bridgehead atoms. The van der Waals surface area contributed by atoms with E-state index in [0.29, 0.717) is 12.1 Å². The van der Waals surface area contributed by atoms with Crippen LogP contribution in [0.1, 0.15) is 33.1 Å². The molecule has 2 atom stereocenters. The second kappa shape index (κ2) is 7.27. The molecular formula is C15H28N2O. The molecule has 1 heterocycles. The quantitative estimate of drug-likeness (QED) is 0.758. The first-order chi connectivity index (χ1) is 8.75. The zero-order valence-corrected chi connectivity index (χ0v) is 11.9. The van der Waals surface area contributed by atoms with Gasteiger partial charge in [-0.05, 0) is 45.6 Å². The van der Waals surface area contributed by atoms with Gasteiger partial charge < -0.3 is 10.1 Å². The Morgan fingerprint density at radius 1 is 1.33 bits per heavy atom. The molecule has 0 aromatic rings. The molecule has 1 aliphatic carbocycles. The van der Waals surface area contributed by atoms with Crippen LogP contribution in [-0.4, -0.2) is 49.8 Å². The number of rotatable bonds is 5. The molecule has 0 spiro atoms. The summed E-state index contributed by atoms with van der Waals surface area (Å²) in [6.07, 6.45) is 8.85. The summed E-state index contributed by atoms with van der Waals surface area (Å²) in [7, 11) is 0. The van der Waals surface area contributed by atoms with Gasteiger partial charge >= 0.3 is 0 Å². The minimum Gasteiger partial charge on any atom is -0.374 e. The van der Waals surface area contributed by atoms with Gasteiger partial charge in [-0.15, -0.1) is 0 Å². The highest BCUT2D eigenvalue weighted by atomic mass is 16.5. The lowest BCUT2D eigenvalue weighted by atomic mass is 9.94. The number of hydrogen-bond donors (Lipinski definition) is 1. The molecule has 2 aliphatic rings. The molecule has 1 N–H and O–H groups in total. The molecule has 1 aliphatic heterocycles. The standard InChI is InChI=1S/C15H28N2O/c1-13(2)17-8-9-18-15(12-17)11-16-10-14-6-4-3-5-7-14/h3-4,13-16H,5-12H2,1-2H3. The van der Waals surface area contributed by atoms with E-state index in [9.17, 15) is 0 Å². The van der Waals surface area contributed by atoms with E-state index < -0.39 is 0 Å². The van der Waals surface area contributed by atoms with E-state index in [0.717, 1.165) is 38.7 Å². The number of hydrogen-bond acceptors (Lipinski definition) is 3. The second-order valence-corrected chi connectivity index (χ2v) is 5.89. The highest BCUT2D eigenvalue weighted by Gasteiger charge is 2.22. The fourth-order valence-electron chi connectivity index (χ4n) is 2.82. The molecule has 3 heteroatoms. The minimum absolute atomic E-state index is 0.375. The fraction of sp³-hybridized carbons (Fsp3) is 0.867. The van der Waals surface area contributed by atoms with Crippen LogP contribution in [0, 0.1) is 5.92 Å². The van der Waals surface area contributed by atoms with Crippen LogP contribution in [0.3, 0.4) is 0 Å². The normalized spacial score (nSPS) is 29.9. The van der Waals surface area contributed by atoms with Crippen LogP contribution in [0.4, 0.5) is 0 Å². The van der Waals surface area contributed by atoms with Gasteiger partial charge in [0.05, 0.1) is 12.7 Å². The van der Waals surface area contributed by atoms with Crippen molar-refractivity contribution >= 4 is 0 Å². The summed E-state index contributed by atoms with van der Waals surface area (Å²) in [5.74, 6) is 0.833. The second-order valence-electron chi connectivity index (χ2n) is 5.89. The van der Waals surface area contributed by atoms with Gasteiger partial charge in [-0.2, -0.15) is 0 Å². The summed E-state index contributed by atoms with van der Waals surface area (Å²) >= 11 is 0. The lowest BCUT2D eigenvalue weighted by Gasteiger charge is -2.35. The Bertz CT molecular complexity index is 265. The van der Waals surface area contributed by atoms with Gasteiger partial charge in [0.2, 0.25) is 0 Å². The summed E-state index contributed by atoms with van der Waals surface area (Å²) in [5.41, 5.74) is 0. The van der Waals surface area contributed by atoms with Gasteiger partial charge in [0.1, 0.15) is 0 Å². The lowest BCUT2D eigenvalue weighted by molar-refractivity contribution is -0.0373. The number of allylic oxidation sites excluding steroid dienone is 2. The van der Waals surface area contributed by atoms with E-state index in [2.05, 4.69) is 36.2 Å². The van der Waals surface area contributed by atoms with Crippen LogP contribution < -0.4 is 5.32 Å². The highest BCUT2D eigenvalue weighted by molar-refractivity contribution is 4.90. The summed E-state index contributed by atoms with van der Waals surface area (Å²) in [6, 6.07) is 0.639. The first-order valence-corrected chi connectivity index (χ1v) is 7.47. The van der Waals surface area contributed by atoms with Gasteiger partial charge in [-0.1, -0.05) is 12.2 Å². The van der Waals surface area contributed by atoms with Crippen molar-refractivity contribution in [1.29, 1.82) is 0 Å². The Labute approximate surface area is 112 Å². The van der Waals surface area contributed by atoms with E-state index in [4.69, 9.17) is 4.74 Å². The molecule has 1 fully saturated rings. The third-order valence-corrected chi connectivity index (χ3v) is 4.08. The summed E-state index contributed by atoms with van der Waals surface area (Å²) in [4.78, 5) is 2.51. The van der Waals surface area contributed by atoms with Crippen molar-refractivity contribution in [3.05, 3.63) is 12.2 Å². The SMILES string of the molecule is CC(C)N1CCOC(CNCC2CC=CCC2)C1. The largest absolute Gasteiger partial charge is 0.374 e. The molecule has 104 valence electrons. The maximum Gasteiger partial charge on any atom is 0.0826 e. The molecule has 2 unspecified atom stereocenters. The van der Waals surface area contributed by atoms with Crippen molar-refractivity contribution < 1.29 is 4.74 Å². The summed E-state index contributed by atoms with van der Waals surface area (Å²) in [6.45, 7) is 9.73. The summed E-state index contributed by atoms with van der Waals surface area (Å²) < 4.78 is 5.83. The average Bonchev–Trinajstić information content (AvgIpc) is 2.40.